The van der Waals surface area contributed by atoms with E-state index in [2.05, 4.69) is 28.9 Å². The zero-order chi connectivity index (χ0) is 11.8. The predicted molar refractivity (Wildman–Crippen MR) is 71.9 cm³/mol. The first kappa shape index (κ1) is 12.6. The molecule has 1 saturated carbocycles. The molecule has 2 nitrogen and oxygen atoms in total. The van der Waals surface area contributed by atoms with Gasteiger partial charge in [0, 0.05) is 27.4 Å². The maximum Gasteiger partial charge on any atom is 0.0697 e. The summed E-state index contributed by atoms with van der Waals surface area (Å²) in [6.07, 6.45) is 4.52. The summed E-state index contributed by atoms with van der Waals surface area (Å²) in [4.78, 5) is 2.55. The zero-order valence-corrected chi connectivity index (χ0v) is 12.2. The highest BCUT2D eigenvalue weighted by atomic mass is 79.9. The van der Waals surface area contributed by atoms with Gasteiger partial charge in [-0.2, -0.15) is 0 Å². The minimum absolute atomic E-state index is 0.0593. The molecule has 0 radical (unpaired) electrons. The van der Waals surface area contributed by atoms with Gasteiger partial charge in [-0.25, -0.2) is 0 Å². The van der Waals surface area contributed by atoms with Crippen molar-refractivity contribution >= 4 is 27.3 Å². The Morgan fingerprint density at radius 1 is 1.62 bits per heavy atom. The molecule has 0 aromatic carbocycles. The van der Waals surface area contributed by atoms with E-state index in [1.807, 2.05) is 7.11 Å². The van der Waals surface area contributed by atoms with Crippen molar-refractivity contribution in [3.8, 4) is 0 Å². The second-order valence-corrected chi connectivity index (χ2v) is 6.75. The van der Waals surface area contributed by atoms with Gasteiger partial charge in [0.2, 0.25) is 0 Å². The van der Waals surface area contributed by atoms with Crippen LogP contribution in [0.1, 0.15) is 41.5 Å². The Kier molecular flexibility index (Phi) is 3.74. The SMILES string of the molecule is COC1(CC(N)c2cc(Br)c(C)s2)CCC1. The molecule has 0 spiro atoms. The number of rotatable bonds is 4. The molecule has 0 aliphatic heterocycles. The van der Waals surface area contributed by atoms with Gasteiger partial charge in [-0.1, -0.05) is 0 Å². The molecule has 0 amide bonds. The topological polar surface area (TPSA) is 35.2 Å². The van der Waals surface area contributed by atoms with Crippen LogP contribution in [0.3, 0.4) is 0 Å². The number of ether oxygens (including phenoxy) is 1. The highest BCUT2D eigenvalue weighted by Gasteiger charge is 2.38. The number of halogens is 1. The Labute approximate surface area is 109 Å². The lowest BCUT2D eigenvalue weighted by Gasteiger charge is -2.42. The molecule has 0 saturated heterocycles. The maximum atomic E-state index is 6.26. The third-order valence-electron chi connectivity index (χ3n) is 3.53. The molecule has 0 bridgehead atoms. The highest BCUT2D eigenvalue weighted by Crippen LogP contribution is 2.42. The molecule has 1 heterocycles. The Morgan fingerprint density at radius 2 is 2.31 bits per heavy atom. The van der Waals surface area contributed by atoms with Gasteiger partial charge in [-0.15, -0.1) is 11.3 Å². The number of methoxy groups -OCH3 is 1. The van der Waals surface area contributed by atoms with E-state index in [1.54, 1.807) is 11.3 Å². The Balaban J connectivity index is 2.05. The van der Waals surface area contributed by atoms with Crippen LogP contribution in [0.5, 0.6) is 0 Å². The van der Waals surface area contributed by atoms with Gasteiger partial charge >= 0.3 is 0 Å². The molecule has 1 atom stereocenters. The van der Waals surface area contributed by atoms with Crippen LogP contribution in [0, 0.1) is 6.92 Å². The molecule has 1 unspecified atom stereocenters. The van der Waals surface area contributed by atoms with Gasteiger partial charge in [0.25, 0.3) is 0 Å². The van der Waals surface area contributed by atoms with Gasteiger partial charge < -0.3 is 10.5 Å². The summed E-state index contributed by atoms with van der Waals surface area (Å²) in [5.41, 5.74) is 6.32. The lowest BCUT2D eigenvalue weighted by atomic mass is 9.75. The van der Waals surface area contributed by atoms with Crippen molar-refractivity contribution < 1.29 is 4.74 Å². The van der Waals surface area contributed by atoms with E-state index in [1.165, 1.54) is 20.6 Å². The average molecular weight is 304 g/mol. The summed E-state index contributed by atoms with van der Waals surface area (Å²) in [5.74, 6) is 0. The van der Waals surface area contributed by atoms with Crippen molar-refractivity contribution in [1.82, 2.24) is 0 Å². The highest BCUT2D eigenvalue weighted by molar-refractivity contribution is 9.10. The predicted octanol–water partition coefficient (Wildman–Crippen LogP) is 3.78. The Bertz CT molecular complexity index is 348. The second-order valence-electron chi connectivity index (χ2n) is 4.60. The van der Waals surface area contributed by atoms with E-state index < -0.39 is 0 Å². The molecule has 1 aliphatic rings. The van der Waals surface area contributed by atoms with E-state index in [9.17, 15) is 0 Å². The van der Waals surface area contributed by atoms with Crippen molar-refractivity contribution in [2.24, 2.45) is 5.73 Å². The number of hydrogen-bond donors (Lipinski definition) is 1. The summed E-state index contributed by atoms with van der Waals surface area (Å²) >= 11 is 5.32. The first-order valence-electron chi connectivity index (χ1n) is 5.63. The van der Waals surface area contributed by atoms with Gasteiger partial charge in [0.1, 0.15) is 0 Å². The quantitative estimate of drug-likeness (QED) is 0.919. The molecule has 2 N–H and O–H groups in total. The van der Waals surface area contributed by atoms with Crippen LogP contribution in [-0.4, -0.2) is 12.7 Å². The number of aryl methyl sites for hydroxylation is 1. The first-order chi connectivity index (χ1) is 7.56. The third kappa shape index (κ3) is 2.35. The molecule has 1 fully saturated rings. The van der Waals surface area contributed by atoms with Crippen molar-refractivity contribution in [1.29, 1.82) is 0 Å². The minimum atomic E-state index is 0.0593. The maximum absolute atomic E-state index is 6.26. The first-order valence-corrected chi connectivity index (χ1v) is 7.24. The fourth-order valence-corrected chi connectivity index (χ4v) is 3.79. The van der Waals surface area contributed by atoms with E-state index in [0.717, 1.165) is 19.3 Å². The molecule has 1 aromatic rings. The fraction of sp³-hybridized carbons (Fsp3) is 0.667. The monoisotopic (exact) mass is 303 g/mol. The van der Waals surface area contributed by atoms with Crippen LogP contribution >= 0.6 is 27.3 Å². The summed E-state index contributed by atoms with van der Waals surface area (Å²) in [5, 5.41) is 0. The van der Waals surface area contributed by atoms with Crippen LogP contribution in [-0.2, 0) is 4.74 Å². The summed E-state index contributed by atoms with van der Waals surface area (Å²) in [6, 6.07) is 2.25. The van der Waals surface area contributed by atoms with E-state index in [-0.39, 0.29) is 11.6 Å². The van der Waals surface area contributed by atoms with Crippen LogP contribution in [0.25, 0.3) is 0 Å². The summed E-state index contributed by atoms with van der Waals surface area (Å²) < 4.78 is 6.79. The molecular weight excluding hydrogens is 286 g/mol. The fourth-order valence-electron chi connectivity index (χ4n) is 2.23. The van der Waals surface area contributed by atoms with Crippen molar-refractivity contribution in [2.45, 2.75) is 44.2 Å². The molecule has 1 aromatic heterocycles. The third-order valence-corrected chi connectivity index (χ3v) is 5.80. The summed E-state index contributed by atoms with van der Waals surface area (Å²) in [7, 11) is 1.81. The summed E-state index contributed by atoms with van der Waals surface area (Å²) in [6.45, 7) is 2.11. The average Bonchev–Trinajstić information content (AvgIpc) is 2.53. The van der Waals surface area contributed by atoms with Gasteiger partial charge in [0.15, 0.2) is 0 Å². The zero-order valence-electron chi connectivity index (χ0n) is 9.75. The number of thiophene rings is 1. The normalized spacial score (nSPS) is 20.5. The number of nitrogens with two attached hydrogens (primary N) is 1. The molecular formula is C12H18BrNOS. The van der Waals surface area contributed by atoms with Gasteiger partial charge in [0.05, 0.1) is 5.60 Å². The number of hydrogen-bond acceptors (Lipinski definition) is 3. The Morgan fingerprint density at radius 3 is 2.69 bits per heavy atom. The van der Waals surface area contributed by atoms with Crippen LogP contribution in [0.15, 0.2) is 10.5 Å². The molecule has 1 aliphatic carbocycles. The minimum Gasteiger partial charge on any atom is -0.378 e. The van der Waals surface area contributed by atoms with Crippen molar-refractivity contribution in [3.63, 3.8) is 0 Å². The lowest BCUT2D eigenvalue weighted by molar-refractivity contribution is -0.0815. The Hall–Kier alpha value is 0.1000. The van der Waals surface area contributed by atoms with Crippen LogP contribution in [0.2, 0.25) is 0 Å². The molecule has 16 heavy (non-hydrogen) atoms. The smallest absolute Gasteiger partial charge is 0.0697 e. The largest absolute Gasteiger partial charge is 0.378 e. The molecule has 4 heteroatoms. The van der Waals surface area contributed by atoms with Crippen molar-refractivity contribution in [2.75, 3.05) is 7.11 Å². The van der Waals surface area contributed by atoms with Crippen LogP contribution in [0.4, 0.5) is 0 Å². The molecule has 2 rings (SSSR count). The molecule has 90 valence electrons. The van der Waals surface area contributed by atoms with Crippen molar-refractivity contribution in [3.05, 3.63) is 20.3 Å². The van der Waals surface area contributed by atoms with Gasteiger partial charge in [-0.05, 0) is 54.6 Å². The van der Waals surface area contributed by atoms with E-state index >= 15 is 0 Å². The van der Waals surface area contributed by atoms with E-state index in [0.29, 0.717) is 0 Å². The van der Waals surface area contributed by atoms with Crippen LogP contribution < -0.4 is 5.73 Å². The van der Waals surface area contributed by atoms with Gasteiger partial charge in [-0.3, -0.25) is 0 Å². The second kappa shape index (κ2) is 4.77. The van der Waals surface area contributed by atoms with E-state index in [4.69, 9.17) is 10.5 Å². The lowest BCUT2D eigenvalue weighted by Crippen LogP contribution is -2.41. The standard InChI is InChI=1S/C12H18BrNOS/c1-8-9(13)6-11(16-8)10(14)7-12(15-2)4-3-5-12/h6,10H,3-5,7,14H2,1-2H3.